The normalized spacial score (nSPS) is 17.6. The number of carboxylic acid groups (broad SMARTS) is 1. The van der Waals surface area contributed by atoms with Crippen LogP contribution >= 0.6 is 0 Å². The third-order valence-electron chi connectivity index (χ3n) is 2.47. The second kappa shape index (κ2) is 5.30. The quantitative estimate of drug-likeness (QED) is 0.806. The number of amides is 2. The number of hydrogen-bond donors (Lipinski definition) is 1. The third-order valence-corrected chi connectivity index (χ3v) is 2.47. The van der Waals surface area contributed by atoms with E-state index in [4.69, 9.17) is 9.84 Å². The maximum atomic E-state index is 11.7. The number of aliphatic carboxylic acids is 1. The summed E-state index contributed by atoms with van der Waals surface area (Å²) in [6.07, 6.45) is -0.0556. The Balaban J connectivity index is 1.99. The molecule has 0 spiro atoms. The molecular weight excluding hydrogens is 252 g/mol. The summed E-state index contributed by atoms with van der Waals surface area (Å²) in [5, 5.41) is 8.84. The van der Waals surface area contributed by atoms with Crippen molar-refractivity contribution in [1.29, 1.82) is 0 Å². The van der Waals surface area contributed by atoms with Gasteiger partial charge in [0.1, 0.15) is 12.9 Å². The van der Waals surface area contributed by atoms with Crippen molar-refractivity contribution in [1.82, 2.24) is 4.90 Å². The van der Waals surface area contributed by atoms with Gasteiger partial charge in [0.05, 0.1) is 0 Å². The summed E-state index contributed by atoms with van der Waals surface area (Å²) in [6, 6.07) is 7.26. The van der Waals surface area contributed by atoms with Crippen molar-refractivity contribution >= 4 is 24.3 Å². The van der Waals surface area contributed by atoms with Crippen molar-refractivity contribution in [3.05, 3.63) is 35.9 Å². The van der Waals surface area contributed by atoms with Crippen LogP contribution in [0.1, 0.15) is 5.56 Å². The highest BCUT2D eigenvalue weighted by Crippen LogP contribution is 2.11. The van der Waals surface area contributed by atoms with E-state index in [0.29, 0.717) is 4.90 Å². The largest absolute Gasteiger partial charge is 0.479 e. The Morgan fingerprint density at radius 2 is 2.00 bits per heavy atom. The fourth-order valence-electron chi connectivity index (χ4n) is 1.55. The highest BCUT2D eigenvalue weighted by Gasteiger charge is 2.40. The first-order valence-corrected chi connectivity index (χ1v) is 5.39. The van der Waals surface area contributed by atoms with Gasteiger partial charge in [-0.2, -0.15) is 0 Å². The molecule has 7 nitrogen and oxygen atoms in total. The van der Waals surface area contributed by atoms with Crippen molar-refractivity contribution in [3.63, 3.8) is 0 Å². The van der Waals surface area contributed by atoms with E-state index in [1.165, 1.54) is 0 Å². The lowest BCUT2D eigenvalue weighted by molar-refractivity contribution is -0.144. The van der Waals surface area contributed by atoms with Gasteiger partial charge in [0.2, 0.25) is 6.04 Å². The number of benzene rings is 1. The zero-order chi connectivity index (χ0) is 13.8. The Hall–Kier alpha value is -2.70. The molecule has 1 atom stereocenters. The Morgan fingerprint density at radius 1 is 1.32 bits per heavy atom. The molecule has 1 aliphatic heterocycles. The predicted octanol–water partition coefficient (Wildman–Crippen LogP) is 0.647. The van der Waals surface area contributed by atoms with Gasteiger partial charge in [-0.1, -0.05) is 30.3 Å². The molecule has 1 N–H and O–H groups in total. The molecular formula is C12H10N2O5. The van der Waals surface area contributed by atoms with Crippen LogP contribution in [0.2, 0.25) is 0 Å². The lowest BCUT2D eigenvalue weighted by Crippen LogP contribution is -2.44. The molecule has 0 unspecified atom stereocenters. The first kappa shape index (κ1) is 12.7. The summed E-state index contributed by atoms with van der Waals surface area (Å²) >= 11 is 0. The van der Waals surface area contributed by atoms with Crippen molar-refractivity contribution in [2.45, 2.75) is 12.6 Å². The SMILES string of the molecule is O=C(O)[C@@H]1C(=O)N=CN1C(=O)OCc1ccccc1. The zero-order valence-electron chi connectivity index (χ0n) is 9.72. The molecule has 7 heteroatoms. The average Bonchev–Trinajstić information content (AvgIpc) is 2.79. The molecule has 1 aliphatic rings. The van der Waals surface area contributed by atoms with Crippen LogP contribution < -0.4 is 0 Å². The van der Waals surface area contributed by atoms with E-state index in [0.717, 1.165) is 11.9 Å². The summed E-state index contributed by atoms with van der Waals surface area (Å²) < 4.78 is 4.92. The van der Waals surface area contributed by atoms with Gasteiger partial charge in [0.25, 0.3) is 5.91 Å². The molecule has 0 aromatic heterocycles. The van der Waals surface area contributed by atoms with Gasteiger partial charge in [-0.3, -0.25) is 4.79 Å². The molecule has 2 amide bonds. The highest BCUT2D eigenvalue weighted by atomic mass is 16.6. The summed E-state index contributed by atoms with van der Waals surface area (Å²) in [5.41, 5.74) is 0.755. The van der Waals surface area contributed by atoms with Gasteiger partial charge < -0.3 is 9.84 Å². The van der Waals surface area contributed by atoms with Crippen molar-refractivity contribution in [3.8, 4) is 0 Å². The van der Waals surface area contributed by atoms with Crippen molar-refractivity contribution < 1.29 is 24.2 Å². The molecule has 19 heavy (non-hydrogen) atoms. The van der Waals surface area contributed by atoms with E-state index in [9.17, 15) is 14.4 Å². The van der Waals surface area contributed by atoms with E-state index in [-0.39, 0.29) is 6.61 Å². The maximum absolute atomic E-state index is 11.7. The van der Waals surface area contributed by atoms with Crippen LogP contribution in [0.5, 0.6) is 0 Å². The average molecular weight is 262 g/mol. The van der Waals surface area contributed by atoms with Gasteiger partial charge in [-0.15, -0.1) is 0 Å². The number of hydrogen-bond acceptors (Lipinski definition) is 4. The first-order valence-electron chi connectivity index (χ1n) is 5.39. The van der Waals surface area contributed by atoms with Gasteiger partial charge in [-0.25, -0.2) is 19.5 Å². The highest BCUT2D eigenvalue weighted by molar-refractivity contribution is 6.13. The van der Waals surface area contributed by atoms with Crippen LogP contribution in [0.15, 0.2) is 35.3 Å². The lowest BCUT2D eigenvalue weighted by Gasteiger charge is -2.16. The van der Waals surface area contributed by atoms with Gasteiger partial charge in [0.15, 0.2) is 0 Å². The minimum atomic E-state index is -1.64. The number of carboxylic acids is 1. The van der Waals surface area contributed by atoms with Gasteiger partial charge in [-0.05, 0) is 5.56 Å². The number of rotatable bonds is 3. The van der Waals surface area contributed by atoms with Gasteiger partial charge in [0, 0.05) is 0 Å². The van der Waals surface area contributed by atoms with E-state index in [1.807, 2.05) is 6.07 Å². The van der Waals surface area contributed by atoms with Crippen LogP contribution in [0.25, 0.3) is 0 Å². The molecule has 1 aromatic carbocycles. The van der Waals surface area contributed by atoms with Crippen LogP contribution in [0.4, 0.5) is 4.79 Å². The molecule has 0 saturated heterocycles. The summed E-state index contributed by atoms with van der Waals surface area (Å²) in [7, 11) is 0. The first-order chi connectivity index (χ1) is 9.09. The molecule has 0 bridgehead atoms. The van der Waals surface area contributed by atoms with Gasteiger partial charge >= 0.3 is 12.1 Å². The smallest absolute Gasteiger partial charge is 0.416 e. The molecule has 0 radical (unpaired) electrons. The Kier molecular flexibility index (Phi) is 3.56. The molecule has 0 fully saturated rings. The number of carbonyl (C=O) groups excluding carboxylic acids is 2. The van der Waals surface area contributed by atoms with Crippen LogP contribution in [-0.2, 0) is 20.9 Å². The third kappa shape index (κ3) is 2.76. The van der Waals surface area contributed by atoms with Crippen LogP contribution in [0.3, 0.4) is 0 Å². The minimum Gasteiger partial charge on any atom is -0.479 e. The number of nitrogens with zero attached hydrogens (tertiary/aromatic N) is 2. The standard InChI is InChI=1S/C12H10N2O5/c15-10-9(11(16)17)14(7-13-10)12(18)19-6-8-4-2-1-3-5-8/h1-5,7,9H,6H2,(H,16,17)/t9-/m0/s1. The van der Waals surface area contributed by atoms with E-state index < -0.39 is 24.0 Å². The number of carbonyl (C=O) groups is 3. The number of aliphatic imine (C=N–C) groups is 1. The molecule has 2 rings (SSSR count). The summed E-state index contributed by atoms with van der Waals surface area (Å²) in [5.74, 6) is -2.34. The molecule has 1 heterocycles. The topological polar surface area (TPSA) is 96.3 Å². The number of ether oxygens (including phenoxy) is 1. The van der Waals surface area contributed by atoms with Crippen LogP contribution in [0, 0.1) is 0 Å². The second-order valence-electron chi connectivity index (χ2n) is 3.77. The summed E-state index contributed by atoms with van der Waals surface area (Å²) in [6.45, 7) is -0.00938. The van der Waals surface area contributed by atoms with E-state index >= 15 is 0 Å². The Morgan fingerprint density at radius 3 is 2.63 bits per heavy atom. The Bertz CT molecular complexity index is 540. The zero-order valence-corrected chi connectivity index (χ0v) is 9.72. The molecule has 0 saturated carbocycles. The summed E-state index contributed by atoms with van der Waals surface area (Å²) in [4.78, 5) is 37.6. The van der Waals surface area contributed by atoms with Crippen LogP contribution in [-0.4, -0.2) is 40.4 Å². The minimum absolute atomic E-state index is 0.00938. The maximum Gasteiger partial charge on any atom is 0.416 e. The molecule has 0 aliphatic carbocycles. The second-order valence-corrected chi connectivity index (χ2v) is 3.77. The van der Waals surface area contributed by atoms with E-state index in [2.05, 4.69) is 4.99 Å². The van der Waals surface area contributed by atoms with E-state index in [1.54, 1.807) is 24.3 Å². The monoisotopic (exact) mass is 262 g/mol. The predicted molar refractivity (Wildman–Crippen MR) is 63.4 cm³/mol. The lowest BCUT2D eigenvalue weighted by atomic mass is 10.2. The molecule has 1 aromatic rings. The Labute approximate surface area is 108 Å². The fraction of sp³-hybridized carbons (Fsp3) is 0.167. The fourth-order valence-corrected chi connectivity index (χ4v) is 1.55. The van der Waals surface area contributed by atoms with Crippen molar-refractivity contribution in [2.75, 3.05) is 0 Å². The van der Waals surface area contributed by atoms with Crippen molar-refractivity contribution in [2.24, 2.45) is 4.99 Å². The molecule has 98 valence electrons.